The summed E-state index contributed by atoms with van der Waals surface area (Å²) in [6.45, 7) is 7.03. The standard InChI is InChI=1S/C17H18.C9H7.C5H5.2ClH.Ti/c1-17(2,3)16-12-8-7-11-15(16)13-14-9-5-4-6-10-14;1-2-5-9-7-3-6-8(9)4-1;1-2-4-5-3-1;;;/h4-12H,1-3H3;1-7H;1-3H,4H2;2*1H;/q;;;;;+2/p-2. The van der Waals surface area contributed by atoms with Crippen LogP contribution in [-0.4, -0.2) is 3.81 Å². The summed E-state index contributed by atoms with van der Waals surface area (Å²) >= 11 is -2.00. The van der Waals surface area contributed by atoms with Crippen molar-refractivity contribution in [1.82, 2.24) is 0 Å². The Labute approximate surface area is 222 Å². The molecule has 1 atom stereocenters. The molecule has 0 radical (unpaired) electrons. The van der Waals surface area contributed by atoms with Crippen molar-refractivity contribution in [2.45, 2.75) is 36.8 Å². The predicted molar refractivity (Wildman–Crippen MR) is 135 cm³/mol. The van der Waals surface area contributed by atoms with E-state index in [1.54, 1.807) is 7.69 Å². The first kappa shape index (κ1) is 26.6. The quantitative estimate of drug-likeness (QED) is 0.460. The van der Waals surface area contributed by atoms with Crippen LogP contribution in [0.4, 0.5) is 0 Å². The average molecular weight is 521 g/mol. The van der Waals surface area contributed by atoms with Crippen LogP contribution >= 0.6 is 0 Å². The minimum atomic E-state index is -2.00. The fourth-order valence-corrected chi connectivity index (χ4v) is 10.5. The Morgan fingerprint density at radius 2 is 1.50 bits per heavy atom. The monoisotopic (exact) mass is 520 g/mol. The Kier molecular flexibility index (Phi) is 8.77. The molecule has 0 nitrogen and oxygen atoms in total. The average Bonchev–Trinajstić information content (AvgIpc) is 3.48. The van der Waals surface area contributed by atoms with E-state index in [2.05, 4.69) is 130 Å². The van der Waals surface area contributed by atoms with E-state index in [1.807, 2.05) is 0 Å². The first-order valence-electron chi connectivity index (χ1n) is 11.6. The Morgan fingerprint density at radius 1 is 0.824 bits per heavy atom. The van der Waals surface area contributed by atoms with Gasteiger partial charge in [-0.15, -0.1) is 0 Å². The summed E-state index contributed by atoms with van der Waals surface area (Å²) in [6.07, 6.45) is 13.0. The van der Waals surface area contributed by atoms with Crippen LogP contribution in [0.15, 0.2) is 107 Å². The van der Waals surface area contributed by atoms with E-state index in [0.717, 1.165) is 6.42 Å². The molecule has 0 saturated heterocycles. The molecule has 5 rings (SSSR count). The fourth-order valence-electron chi connectivity index (χ4n) is 5.08. The third-order valence-corrected chi connectivity index (χ3v) is 11.7. The van der Waals surface area contributed by atoms with Crippen molar-refractivity contribution in [3.63, 3.8) is 0 Å². The number of benzene rings is 3. The van der Waals surface area contributed by atoms with Gasteiger partial charge in [-0.1, -0.05) is 0 Å². The Balaban J connectivity index is 0.00000162. The zero-order valence-electron chi connectivity index (χ0n) is 19.9. The second-order valence-electron chi connectivity index (χ2n) is 9.74. The normalized spacial score (nSPS) is 16.3. The first-order valence-corrected chi connectivity index (χ1v) is 14.0. The maximum Gasteiger partial charge on any atom is -1.00 e. The van der Waals surface area contributed by atoms with Gasteiger partial charge in [-0.05, 0) is 0 Å². The number of hydrogen-bond donors (Lipinski definition) is 0. The maximum absolute atomic E-state index is 2.50. The van der Waals surface area contributed by atoms with E-state index in [0.29, 0.717) is 4.22 Å². The molecule has 3 aromatic rings. The summed E-state index contributed by atoms with van der Waals surface area (Å²) in [7, 11) is 0. The van der Waals surface area contributed by atoms with E-state index in [1.165, 1.54) is 27.8 Å². The number of hydrogen-bond acceptors (Lipinski definition) is 0. The zero-order valence-corrected chi connectivity index (χ0v) is 23.0. The van der Waals surface area contributed by atoms with Gasteiger partial charge in [0.25, 0.3) is 0 Å². The second-order valence-corrected chi connectivity index (χ2v) is 13.8. The summed E-state index contributed by atoms with van der Waals surface area (Å²) in [5.74, 6) is 0. The Hall–Kier alpha value is -1.96. The van der Waals surface area contributed by atoms with Crippen LogP contribution in [0.1, 0.15) is 59.2 Å². The van der Waals surface area contributed by atoms with Crippen molar-refractivity contribution in [2.75, 3.05) is 0 Å². The van der Waals surface area contributed by atoms with E-state index in [4.69, 9.17) is 0 Å². The number of halogens is 2. The molecule has 0 saturated carbocycles. The predicted octanol–water partition coefficient (Wildman–Crippen LogP) is 1.79. The van der Waals surface area contributed by atoms with Crippen LogP contribution in [0.5, 0.6) is 0 Å². The van der Waals surface area contributed by atoms with Crippen LogP contribution in [0.3, 0.4) is 0 Å². The molecule has 2 aliphatic rings. The molecule has 0 N–H and O–H groups in total. The zero-order chi connectivity index (χ0) is 22.1. The molecule has 34 heavy (non-hydrogen) atoms. The molecule has 172 valence electrons. The topological polar surface area (TPSA) is 0 Å². The van der Waals surface area contributed by atoms with Gasteiger partial charge in [0.2, 0.25) is 0 Å². The molecule has 0 heterocycles. The van der Waals surface area contributed by atoms with Crippen molar-refractivity contribution in [2.24, 2.45) is 0 Å². The van der Waals surface area contributed by atoms with E-state index in [-0.39, 0.29) is 30.2 Å². The van der Waals surface area contributed by atoms with Gasteiger partial charge in [0.1, 0.15) is 0 Å². The molecule has 2 aliphatic carbocycles. The van der Waals surface area contributed by atoms with Crippen molar-refractivity contribution in [1.29, 1.82) is 0 Å². The molecule has 3 aromatic carbocycles. The van der Waals surface area contributed by atoms with Gasteiger partial charge in [-0.25, -0.2) is 0 Å². The third-order valence-electron chi connectivity index (χ3n) is 6.56. The molecular weight excluding hydrogens is 491 g/mol. The summed E-state index contributed by atoms with van der Waals surface area (Å²) < 4.78 is 3.77. The van der Waals surface area contributed by atoms with Gasteiger partial charge in [0, 0.05) is 0 Å². The van der Waals surface area contributed by atoms with Crippen molar-refractivity contribution >= 4 is 9.89 Å². The molecular formula is C31H30Cl2Ti. The molecule has 0 amide bonds. The van der Waals surface area contributed by atoms with E-state index in [9.17, 15) is 0 Å². The Morgan fingerprint density at radius 3 is 2.21 bits per heavy atom. The molecule has 0 bridgehead atoms. The summed E-state index contributed by atoms with van der Waals surface area (Å²) in [5.41, 5.74) is 7.29. The smallest absolute Gasteiger partial charge is 1.00 e. The molecule has 0 fully saturated rings. The van der Waals surface area contributed by atoms with Crippen LogP contribution in [0.2, 0.25) is 0 Å². The van der Waals surface area contributed by atoms with Crippen molar-refractivity contribution in [3.8, 4) is 0 Å². The summed E-state index contributed by atoms with van der Waals surface area (Å²) in [4.78, 5) is 0. The summed E-state index contributed by atoms with van der Waals surface area (Å²) in [5, 5.41) is 0. The van der Waals surface area contributed by atoms with Gasteiger partial charge in [-0.3, -0.25) is 0 Å². The van der Waals surface area contributed by atoms with Crippen LogP contribution in [0, 0.1) is 0 Å². The minimum absolute atomic E-state index is 0. The number of rotatable bonds is 4. The fraction of sp³-hybridized carbons (Fsp3) is 0.194. The SMILES string of the molecule is CC(C)(C)c1ccccc1[C](c1ccccc1)=[Ti+2]([C]1=CC=CC1)[CH]1C=Cc2ccccc21.[Cl-].[Cl-]. The first-order chi connectivity index (χ1) is 15.5. The third kappa shape index (κ3) is 5.17. The Bertz CT molecular complexity index is 1270. The molecule has 3 heteroatoms. The van der Waals surface area contributed by atoms with Gasteiger partial charge < -0.3 is 24.8 Å². The molecule has 1 unspecified atom stereocenters. The second kappa shape index (κ2) is 11.2. The van der Waals surface area contributed by atoms with Gasteiger partial charge in [0.15, 0.2) is 0 Å². The van der Waals surface area contributed by atoms with E-state index >= 15 is 0 Å². The minimum Gasteiger partial charge on any atom is -1.00 e. The molecule has 0 aromatic heterocycles. The van der Waals surface area contributed by atoms with Crippen LogP contribution < -0.4 is 24.8 Å². The molecule has 0 aliphatic heterocycles. The van der Waals surface area contributed by atoms with Gasteiger partial charge >= 0.3 is 199 Å². The van der Waals surface area contributed by atoms with Gasteiger partial charge in [0.05, 0.1) is 0 Å². The number of allylic oxidation sites excluding steroid dienone is 5. The summed E-state index contributed by atoms with van der Waals surface area (Å²) in [6, 6.07) is 29.3. The van der Waals surface area contributed by atoms with Crippen LogP contribution in [0.25, 0.3) is 6.08 Å². The van der Waals surface area contributed by atoms with Crippen LogP contribution in [-0.2, 0) is 22.8 Å². The van der Waals surface area contributed by atoms with Crippen molar-refractivity contribution < 1.29 is 42.2 Å². The maximum atomic E-state index is 2.50. The van der Waals surface area contributed by atoms with Crippen molar-refractivity contribution in [3.05, 3.63) is 135 Å². The van der Waals surface area contributed by atoms with E-state index < -0.39 is 17.4 Å². The number of fused-ring (bicyclic) bond motifs is 1. The largest absolute Gasteiger partial charge is 1.00 e. The van der Waals surface area contributed by atoms with Gasteiger partial charge in [-0.2, -0.15) is 0 Å². The molecule has 0 spiro atoms.